The van der Waals surface area contributed by atoms with Gasteiger partial charge < -0.3 is 5.11 Å². The topological polar surface area (TPSA) is 54.4 Å². The first-order valence-electron chi connectivity index (χ1n) is 9.13. The average molecular weight is 417 g/mol. The average Bonchev–Trinajstić information content (AvgIpc) is 2.65. The van der Waals surface area contributed by atoms with Crippen molar-refractivity contribution in [2.75, 3.05) is 0 Å². The molecule has 138 valence electrons. The first-order chi connectivity index (χ1) is 12.5. The summed E-state index contributed by atoms with van der Waals surface area (Å²) in [5.41, 5.74) is 2.95. The number of carboxylic acid groups (broad SMARTS) is 1. The highest BCUT2D eigenvalue weighted by atomic mass is 79.9. The molecule has 3 nitrogen and oxygen atoms in total. The van der Waals surface area contributed by atoms with Gasteiger partial charge in [-0.1, -0.05) is 72.1 Å². The molecule has 0 aliphatic carbocycles. The van der Waals surface area contributed by atoms with Crippen molar-refractivity contribution in [1.82, 2.24) is 0 Å². The summed E-state index contributed by atoms with van der Waals surface area (Å²) in [5.74, 6) is -0.816. The minimum atomic E-state index is -0.713. The number of benzene rings is 2. The summed E-state index contributed by atoms with van der Waals surface area (Å²) in [4.78, 5) is 23.3. The van der Waals surface area contributed by atoms with Crippen molar-refractivity contribution in [1.29, 1.82) is 0 Å². The molecule has 0 spiro atoms. The molecule has 2 aromatic carbocycles. The number of unbranched alkanes of at least 4 members (excludes halogenated alkanes) is 2. The third-order valence-corrected chi connectivity index (χ3v) is 5.21. The van der Waals surface area contributed by atoms with Gasteiger partial charge in [0.15, 0.2) is 5.78 Å². The second-order valence-electron chi connectivity index (χ2n) is 6.55. The molecule has 0 saturated heterocycles. The van der Waals surface area contributed by atoms with Gasteiger partial charge in [0, 0.05) is 16.5 Å². The molecule has 0 heterocycles. The summed E-state index contributed by atoms with van der Waals surface area (Å²) in [6, 6.07) is 15.8. The molecule has 1 unspecified atom stereocenters. The molecule has 1 atom stereocenters. The molecule has 0 aromatic heterocycles. The zero-order chi connectivity index (χ0) is 18.9. The smallest absolute Gasteiger partial charge is 0.306 e. The minimum absolute atomic E-state index is 0.151. The molecule has 2 aromatic rings. The number of Topliss-reactive ketones (excluding diaryl/α,β-unsaturated/α-hetero) is 1. The fourth-order valence-corrected chi connectivity index (χ4v) is 3.25. The largest absolute Gasteiger partial charge is 0.481 e. The number of ketones is 1. The summed E-state index contributed by atoms with van der Waals surface area (Å²) in [7, 11) is 0. The van der Waals surface area contributed by atoms with Crippen LogP contribution >= 0.6 is 15.9 Å². The lowest BCUT2D eigenvalue weighted by Gasteiger charge is -2.09. The summed E-state index contributed by atoms with van der Waals surface area (Å²) in [5, 5.41) is 9.03. The van der Waals surface area contributed by atoms with Crippen LogP contribution in [0.2, 0.25) is 0 Å². The third-order valence-electron chi connectivity index (χ3n) is 4.68. The van der Waals surface area contributed by atoms with E-state index in [9.17, 15) is 9.59 Å². The van der Waals surface area contributed by atoms with Crippen molar-refractivity contribution in [2.24, 2.45) is 5.92 Å². The van der Waals surface area contributed by atoms with Gasteiger partial charge in [-0.05, 0) is 42.5 Å². The second-order valence-corrected chi connectivity index (χ2v) is 7.47. The van der Waals surface area contributed by atoms with Crippen LogP contribution < -0.4 is 0 Å². The van der Waals surface area contributed by atoms with E-state index in [0.29, 0.717) is 19.3 Å². The standard InChI is InChI=1S/C22H25BrO3/c1-2-16(22(25)26)6-4-3-5-7-21(24)19-10-8-17(9-11-19)18-12-14-20(23)15-13-18/h8-16H,2-7H2,1H3,(H,25,26). The number of carbonyl (C=O) groups excluding carboxylic acids is 1. The highest BCUT2D eigenvalue weighted by molar-refractivity contribution is 9.10. The first kappa shape index (κ1) is 20.4. The summed E-state index contributed by atoms with van der Waals surface area (Å²) in [6.45, 7) is 1.90. The molecular formula is C22H25BrO3. The van der Waals surface area contributed by atoms with Crippen LogP contribution in [0.3, 0.4) is 0 Å². The van der Waals surface area contributed by atoms with E-state index in [1.165, 1.54) is 0 Å². The van der Waals surface area contributed by atoms with Gasteiger partial charge in [0.2, 0.25) is 0 Å². The summed E-state index contributed by atoms with van der Waals surface area (Å²) in [6.07, 6.45) is 4.44. The Morgan fingerprint density at radius 1 is 0.923 bits per heavy atom. The number of hydrogen-bond acceptors (Lipinski definition) is 2. The number of aliphatic carboxylic acids is 1. The zero-order valence-electron chi connectivity index (χ0n) is 15.1. The number of carboxylic acids is 1. The van der Waals surface area contributed by atoms with Crippen molar-refractivity contribution in [3.63, 3.8) is 0 Å². The van der Waals surface area contributed by atoms with E-state index < -0.39 is 5.97 Å². The molecule has 0 fully saturated rings. The minimum Gasteiger partial charge on any atom is -0.481 e. The predicted octanol–water partition coefficient (Wildman–Crippen LogP) is 6.36. The van der Waals surface area contributed by atoms with E-state index in [-0.39, 0.29) is 11.7 Å². The van der Waals surface area contributed by atoms with Crippen molar-refractivity contribution in [2.45, 2.75) is 45.4 Å². The molecule has 4 heteroatoms. The van der Waals surface area contributed by atoms with E-state index in [1.807, 2.05) is 55.5 Å². The van der Waals surface area contributed by atoms with E-state index in [4.69, 9.17) is 5.11 Å². The quantitative estimate of drug-likeness (QED) is 0.362. The Balaban J connectivity index is 1.79. The Labute approximate surface area is 163 Å². The van der Waals surface area contributed by atoms with E-state index in [1.54, 1.807) is 0 Å². The SMILES string of the molecule is CCC(CCCCCC(=O)c1ccc(-c2ccc(Br)cc2)cc1)C(=O)O. The monoisotopic (exact) mass is 416 g/mol. The number of hydrogen-bond donors (Lipinski definition) is 1. The molecule has 2 rings (SSSR count). The summed E-state index contributed by atoms with van der Waals surface area (Å²) >= 11 is 3.43. The molecule has 0 saturated carbocycles. The first-order valence-corrected chi connectivity index (χ1v) is 9.92. The normalized spacial score (nSPS) is 11.9. The molecule has 0 radical (unpaired) electrons. The zero-order valence-corrected chi connectivity index (χ0v) is 16.7. The van der Waals surface area contributed by atoms with Crippen LogP contribution in [-0.2, 0) is 4.79 Å². The molecule has 26 heavy (non-hydrogen) atoms. The molecular weight excluding hydrogens is 392 g/mol. The van der Waals surface area contributed by atoms with Crippen LogP contribution in [0.4, 0.5) is 0 Å². The Morgan fingerprint density at radius 2 is 1.50 bits per heavy atom. The second kappa shape index (κ2) is 10.3. The van der Waals surface area contributed by atoms with Gasteiger partial charge >= 0.3 is 5.97 Å². The van der Waals surface area contributed by atoms with Crippen LogP contribution in [0, 0.1) is 5.92 Å². The molecule has 0 bridgehead atoms. The Kier molecular flexibility index (Phi) is 8.05. The van der Waals surface area contributed by atoms with Gasteiger partial charge in [0.05, 0.1) is 5.92 Å². The Hall–Kier alpha value is -1.94. The maximum absolute atomic E-state index is 12.3. The van der Waals surface area contributed by atoms with Crippen molar-refractivity contribution >= 4 is 27.7 Å². The number of halogens is 1. The van der Waals surface area contributed by atoms with E-state index in [0.717, 1.165) is 40.4 Å². The molecule has 0 amide bonds. The van der Waals surface area contributed by atoms with Gasteiger partial charge in [-0.15, -0.1) is 0 Å². The summed E-state index contributed by atoms with van der Waals surface area (Å²) < 4.78 is 1.04. The fourth-order valence-electron chi connectivity index (χ4n) is 2.99. The highest BCUT2D eigenvalue weighted by Gasteiger charge is 2.14. The Bertz CT molecular complexity index is 720. The van der Waals surface area contributed by atoms with Crippen LogP contribution in [0.15, 0.2) is 53.0 Å². The lowest BCUT2D eigenvalue weighted by molar-refractivity contribution is -0.142. The van der Waals surface area contributed by atoms with Gasteiger partial charge in [-0.2, -0.15) is 0 Å². The third kappa shape index (κ3) is 6.10. The predicted molar refractivity (Wildman–Crippen MR) is 108 cm³/mol. The Morgan fingerprint density at radius 3 is 2.04 bits per heavy atom. The van der Waals surface area contributed by atoms with Gasteiger partial charge in [-0.3, -0.25) is 9.59 Å². The molecule has 0 aliphatic heterocycles. The van der Waals surface area contributed by atoms with Crippen molar-refractivity contribution < 1.29 is 14.7 Å². The van der Waals surface area contributed by atoms with Gasteiger partial charge in [-0.25, -0.2) is 0 Å². The van der Waals surface area contributed by atoms with Gasteiger partial charge in [0.25, 0.3) is 0 Å². The maximum Gasteiger partial charge on any atom is 0.306 e. The molecule has 0 aliphatic rings. The van der Waals surface area contributed by atoms with Crippen molar-refractivity contribution in [3.05, 3.63) is 58.6 Å². The van der Waals surface area contributed by atoms with E-state index >= 15 is 0 Å². The van der Waals surface area contributed by atoms with Crippen LogP contribution in [0.1, 0.15) is 55.8 Å². The van der Waals surface area contributed by atoms with Crippen LogP contribution in [0.25, 0.3) is 11.1 Å². The van der Waals surface area contributed by atoms with Gasteiger partial charge in [0.1, 0.15) is 0 Å². The lowest BCUT2D eigenvalue weighted by atomic mass is 9.97. The molecule has 1 N–H and O–H groups in total. The lowest BCUT2D eigenvalue weighted by Crippen LogP contribution is -2.12. The fraction of sp³-hybridized carbons (Fsp3) is 0.364. The highest BCUT2D eigenvalue weighted by Crippen LogP contribution is 2.23. The van der Waals surface area contributed by atoms with Crippen molar-refractivity contribution in [3.8, 4) is 11.1 Å². The van der Waals surface area contributed by atoms with Crippen LogP contribution in [0.5, 0.6) is 0 Å². The van der Waals surface area contributed by atoms with Crippen LogP contribution in [-0.4, -0.2) is 16.9 Å². The maximum atomic E-state index is 12.3. The number of rotatable bonds is 10. The van der Waals surface area contributed by atoms with E-state index in [2.05, 4.69) is 15.9 Å². The number of carbonyl (C=O) groups is 2.